The number of hydrogen-bond acceptors (Lipinski definition) is 4. The molecule has 0 bridgehead atoms. The Morgan fingerprint density at radius 3 is 2.41 bits per heavy atom. The van der Waals surface area contributed by atoms with E-state index >= 15 is 0 Å². The van der Waals surface area contributed by atoms with Gasteiger partial charge in [0, 0.05) is 0 Å². The average Bonchev–Trinajstić information content (AvgIpc) is 2.93. The van der Waals surface area contributed by atoms with Gasteiger partial charge < -0.3 is 15.4 Å². The van der Waals surface area contributed by atoms with Crippen molar-refractivity contribution in [2.24, 2.45) is 0 Å². The molecule has 6 heteroatoms. The molecule has 0 spiro atoms. The lowest BCUT2D eigenvalue weighted by Gasteiger charge is -2.19. The molecule has 1 saturated carbocycles. The van der Waals surface area contributed by atoms with Gasteiger partial charge in [-0.1, -0.05) is 0 Å². The fourth-order valence-corrected chi connectivity index (χ4v) is 1.17. The van der Waals surface area contributed by atoms with Gasteiger partial charge in [-0.15, -0.1) is 0 Å². The molecule has 2 amide bonds. The molecule has 0 aromatic rings. The molecule has 94 valence electrons. The lowest BCUT2D eigenvalue weighted by atomic mass is 10.2. The number of alkyl carbamates (subject to hydrolysis) is 1. The molecule has 0 atom stereocenters. The maximum atomic E-state index is 11.4. The molecule has 0 aliphatic heterocycles. The average molecular weight is 239 g/mol. The van der Waals surface area contributed by atoms with Crippen LogP contribution in [0.3, 0.4) is 0 Å². The highest BCUT2D eigenvalue weighted by Gasteiger charge is 2.44. The van der Waals surface area contributed by atoms with Crippen molar-refractivity contribution in [1.29, 1.82) is 5.26 Å². The number of hydrogen-bond donors (Lipinski definition) is 2. The van der Waals surface area contributed by atoms with Crippen LogP contribution in [0.15, 0.2) is 0 Å². The summed E-state index contributed by atoms with van der Waals surface area (Å²) < 4.78 is 4.97. The number of rotatable bonds is 3. The van der Waals surface area contributed by atoms with Crippen LogP contribution in [0.4, 0.5) is 4.79 Å². The molecule has 17 heavy (non-hydrogen) atoms. The third kappa shape index (κ3) is 4.72. The summed E-state index contributed by atoms with van der Waals surface area (Å²) in [6, 6.07) is 2.03. The molecule has 1 aliphatic rings. The van der Waals surface area contributed by atoms with Crippen molar-refractivity contribution < 1.29 is 14.3 Å². The van der Waals surface area contributed by atoms with Gasteiger partial charge in [-0.3, -0.25) is 4.79 Å². The number of carbonyl (C=O) groups is 2. The van der Waals surface area contributed by atoms with Crippen molar-refractivity contribution in [3.63, 3.8) is 0 Å². The van der Waals surface area contributed by atoms with Crippen LogP contribution in [0, 0.1) is 11.3 Å². The second-order valence-corrected chi connectivity index (χ2v) is 5.10. The molecule has 1 rings (SSSR count). The monoisotopic (exact) mass is 239 g/mol. The molecule has 6 nitrogen and oxygen atoms in total. The van der Waals surface area contributed by atoms with Gasteiger partial charge in [-0.2, -0.15) is 5.26 Å². The highest BCUT2D eigenvalue weighted by molar-refractivity contribution is 5.83. The van der Waals surface area contributed by atoms with Crippen LogP contribution in [0.2, 0.25) is 0 Å². The van der Waals surface area contributed by atoms with Gasteiger partial charge in [-0.25, -0.2) is 4.79 Å². The first-order valence-electron chi connectivity index (χ1n) is 5.45. The number of nitriles is 1. The number of ether oxygens (including phenoxy) is 1. The molecule has 0 unspecified atom stereocenters. The Balaban J connectivity index is 2.25. The third-order valence-electron chi connectivity index (χ3n) is 2.13. The summed E-state index contributed by atoms with van der Waals surface area (Å²) in [5, 5.41) is 13.7. The summed E-state index contributed by atoms with van der Waals surface area (Å²) in [6.45, 7) is 5.03. The number of amides is 2. The number of nitrogens with zero attached hydrogens (tertiary/aromatic N) is 1. The summed E-state index contributed by atoms with van der Waals surface area (Å²) in [5.41, 5.74) is -1.29. The van der Waals surface area contributed by atoms with Gasteiger partial charge in [0.15, 0.2) is 0 Å². The van der Waals surface area contributed by atoms with Gasteiger partial charge >= 0.3 is 6.09 Å². The predicted octanol–water partition coefficient (Wildman–Crippen LogP) is 0.683. The van der Waals surface area contributed by atoms with Gasteiger partial charge in [-0.05, 0) is 33.6 Å². The Bertz CT molecular complexity index is 361. The third-order valence-corrected chi connectivity index (χ3v) is 2.13. The maximum Gasteiger partial charge on any atom is 0.408 e. The zero-order chi connectivity index (χ0) is 13.1. The van der Waals surface area contributed by atoms with Crippen molar-refractivity contribution >= 4 is 12.0 Å². The molecule has 1 fully saturated rings. The van der Waals surface area contributed by atoms with E-state index in [0.29, 0.717) is 12.8 Å². The van der Waals surface area contributed by atoms with Crippen molar-refractivity contribution in [2.75, 3.05) is 6.54 Å². The van der Waals surface area contributed by atoms with E-state index in [-0.39, 0.29) is 12.5 Å². The minimum atomic E-state index is -0.702. The summed E-state index contributed by atoms with van der Waals surface area (Å²) in [6.07, 6.45) is 0.693. The second kappa shape index (κ2) is 4.62. The summed E-state index contributed by atoms with van der Waals surface area (Å²) >= 11 is 0. The normalized spacial score (nSPS) is 16.6. The van der Waals surface area contributed by atoms with E-state index < -0.39 is 17.2 Å². The minimum absolute atomic E-state index is 0.182. The fraction of sp³-hybridized carbons (Fsp3) is 0.727. The molecule has 0 heterocycles. The Morgan fingerprint density at radius 1 is 1.41 bits per heavy atom. The highest BCUT2D eigenvalue weighted by atomic mass is 16.6. The van der Waals surface area contributed by atoms with E-state index in [1.807, 2.05) is 6.07 Å². The molecule has 0 aromatic carbocycles. The van der Waals surface area contributed by atoms with E-state index in [4.69, 9.17) is 10.00 Å². The van der Waals surface area contributed by atoms with E-state index in [1.165, 1.54) is 0 Å². The molecule has 0 radical (unpaired) electrons. The van der Waals surface area contributed by atoms with Crippen LogP contribution in [-0.4, -0.2) is 29.7 Å². The zero-order valence-corrected chi connectivity index (χ0v) is 10.3. The van der Waals surface area contributed by atoms with E-state index in [9.17, 15) is 9.59 Å². The largest absolute Gasteiger partial charge is 0.444 e. The Hall–Kier alpha value is -1.77. The van der Waals surface area contributed by atoms with E-state index in [0.717, 1.165) is 0 Å². The number of nitrogens with one attached hydrogen (secondary N) is 2. The first-order chi connectivity index (χ1) is 7.76. The second-order valence-electron chi connectivity index (χ2n) is 5.10. The maximum absolute atomic E-state index is 11.4. The van der Waals surface area contributed by atoms with Crippen molar-refractivity contribution in [1.82, 2.24) is 10.6 Å². The molecular formula is C11H17N3O3. The predicted molar refractivity (Wildman–Crippen MR) is 60.0 cm³/mol. The minimum Gasteiger partial charge on any atom is -0.444 e. The van der Waals surface area contributed by atoms with E-state index in [1.54, 1.807) is 20.8 Å². The molecular weight excluding hydrogens is 222 g/mol. The molecule has 0 aromatic heterocycles. The summed E-state index contributed by atoms with van der Waals surface area (Å²) in [7, 11) is 0. The van der Waals surface area contributed by atoms with Crippen LogP contribution in [0.5, 0.6) is 0 Å². The Labute approximate surface area is 100 Å². The van der Waals surface area contributed by atoms with Crippen molar-refractivity contribution in [3.05, 3.63) is 0 Å². The molecule has 2 N–H and O–H groups in total. The van der Waals surface area contributed by atoms with Crippen molar-refractivity contribution in [2.45, 2.75) is 44.8 Å². The smallest absolute Gasteiger partial charge is 0.408 e. The summed E-state index contributed by atoms with van der Waals surface area (Å²) in [5.74, 6) is -0.380. The zero-order valence-electron chi connectivity index (χ0n) is 10.3. The number of carbonyl (C=O) groups excluding carboxylic acids is 2. The van der Waals surface area contributed by atoms with Crippen LogP contribution in [0.25, 0.3) is 0 Å². The highest BCUT2D eigenvalue weighted by Crippen LogP contribution is 2.33. The standard InChI is InChI=1S/C11H17N3O3/c1-10(2,3)17-9(16)13-6-8(15)14-11(7-12)4-5-11/h4-6H2,1-3H3,(H,13,16)(H,14,15). The van der Waals surface area contributed by atoms with Crippen molar-refractivity contribution in [3.8, 4) is 6.07 Å². The van der Waals surface area contributed by atoms with Crippen LogP contribution < -0.4 is 10.6 Å². The SMILES string of the molecule is CC(C)(C)OC(=O)NCC(=O)NC1(C#N)CC1. The lowest BCUT2D eigenvalue weighted by Crippen LogP contribution is -2.43. The topological polar surface area (TPSA) is 91.2 Å². The first-order valence-corrected chi connectivity index (χ1v) is 5.45. The molecule has 1 aliphatic carbocycles. The summed E-state index contributed by atoms with van der Waals surface area (Å²) in [4.78, 5) is 22.6. The quantitative estimate of drug-likeness (QED) is 0.757. The molecule has 0 saturated heterocycles. The first kappa shape index (κ1) is 13.3. The van der Waals surface area contributed by atoms with Crippen LogP contribution >= 0.6 is 0 Å². The Kier molecular flexibility index (Phi) is 3.61. The van der Waals surface area contributed by atoms with Crippen LogP contribution in [0.1, 0.15) is 33.6 Å². The van der Waals surface area contributed by atoms with Gasteiger partial charge in [0.25, 0.3) is 0 Å². The lowest BCUT2D eigenvalue weighted by molar-refractivity contribution is -0.120. The Morgan fingerprint density at radius 2 is 2.00 bits per heavy atom. The van der Waals surface area contributed by atoms with Gasteiger partial charge in [0.2, 0.25) is 5.91 Å². The van der Waals surface area contributed by atoms with Gasteiger partial charge in [0.05, 0.1) is 6.07 Å². The fourth-order valence-electron chi connectivity index (χ4n) is 1.17. The van der Waals surface area contributed by atoms with E-state index in [2.05, 4.69) is 10.6 Å². The van der Waals surface area contributed by atoms with Crippen LogP contribution in [-0.2, 0) is 9.53 Å². The van der Waals surface area contributed by atoms with Gasteiger partial charge in [0.1, 0.15) is 17.7 Å².